The minimum absolute atomic E-state index is 0.451. The van der Waals surface area contributed by atoms with Gasteiger partial charge in [-0.1, -0.05) is 61.0 Å². The number of hydrogen-bond acceptors (Lipinski definition) is 3. The lowest BCUT2D eigenvalue weighted by Gasteiger charge is -2.35. The Hall–Kier alpha value is -2.13. The van der Waals surface area contributed by atoms with Crippen molar-refractivity contribution >= 4 is 5.84 Å². The number of nitrogens with zero attached hydrogens (tertiary/aromatic N) is 2. The average Bonchev–Trinajstić information content (AvgIpc) is 2.78. The maximum absolute atomic E-state index is 11.3. The van der Waals surface area contributed by atoms with E-state index >= 15 is 0 Å². The Bertz CT molecular complexity index is 708. The summed E-state index contributed by atoms with van der Waals surface area (Å²) in [5.74, 6) is 1.08. The molecule has 2 aliphatic rings. The fourth-order valence-electron chi connectivity index (χ4n) is 3.65. The van der Waals surface area contributed by atoms with Gasteiger partial charge in [-0.2, -0.15) is 0 Å². The summed E-state index contributed by atoms with van der Waals surface area (Å²) < 4.78 is 0. The van der Waals surface area contributed by atoms with E-state index in [0.29, 0.717) is 6.54 Å². The number of amidine groups is 1. The van der Waals surface area contributed by atoms with Gasteiger partial charge in [-0.3, -0.25) is 4.99 Å². The molecule has 2 aromatic rings. The Morgan fingerprint density at radius 3 is 2.39 bits per heavy atom. The molecular formula is C20H22N2O. The van der Waals surface area contributed by atoms with Crippen LogP contribution in [0.15, 0.2) is 59.6 Å². The topological polar surface area (TPSA) is 35.8 Å². The van der Waals surface area contributed by atoms with Crippen LogP contribution in [0, 0.1) is 0 Å². The second kappa shape index (κ2) is 5.82. The Morgan fingerprint density at radius 2 is 1.61 bits per heavy atom. The summed E-state index contributed by atoms with van der Waals surface area (Å²) in [6.45, 7) is 1.35. The monoisotopic (exact) mass is 306 g/mol. The van der Waals surface area contributed by atoms with Crippen molar-refractivity contribution in [3.05, 3.63) is 60.2 Å². The molecule has 1 N–H and O–H groups in total. The highest BCUT2D eigenvalue weighted by Gasteiger charge is 2.42. The van der Waals surface area contributed by atoms with E-state index < -0.39 is 5.72 Å². The Kier molecular flexibility index (Phi) is 3.66. The third-order valence-corrected chi connectivity index (χ3v) is 4.98. The van der Waals surface area contributed by atoms with Crippen LogP contribution in [-0.4, -0.2) is 28.9 Å². The fraction of sp³-hybridized carbons (Fsp3) is 0.350. The lowest BCUT2D eigenvalue weighted by atomic mass is 9.97. The van der Waals surface area contributed by atoms with Crippen LogP contribution in [0.2, 0.25) is 0 Å². The summed E-state index contributed by atoms with van der Waals surface area (Å²) in [7, 11) is 0. The molecule has 3 heteroatoms. The maximum atomic E-state index is 11.3. The number of aliphatic imine (C=N–C) groups is 1. The molecule has 0 amide bonds. The van der Waals surface area contributed by atoms with E-state index in [4.69, 9.17) is 0 Å². The third kappa shape index (κ3) is 2.55. The van der Waals surface area contributed by atoms with Crippen LogP contribution in [0.1, 0.15) is 31.2 Å². The molecule has 0 aromatic heterocycles. The Balaban J connectivity index is 1.63. The molecule has 2 aromatic carbocycles. The van der Waals surface area contributed by atoms with Gasteiger partial charge in [0.05, 0.1) is 6.54 Å². The standard InChI is InChI=1S/C20H22N2O/c23-20(15-21-19-9-5-2-6-14-22(19)20)18-12-10-17(11-13-18)16-7-3-1-4-8-16/h1,3-4,7-8,10-13,23H,2,5-6,9,14-15H2. The smallest absolute Gasteiger partial charge is 0.185 e. The SMILES string of the molecule is OC1(c2ccc(-c3ccccc3)cc2)CN=C2CCCCCN21. The summed E-state index contributed by atoms with van der Waals surface area (Å²) in [6, 6.07) is 18.6. The van der Waals surface area contributed by atoms with Crippen LogP contribution >= 0.6 is 0 Å². The zero-order valence-corrected chi connectivity index (χ0v) is 13.3. The maximum Gasteiger partial charge on any atom is 0.185 e. The summed E-state index contributed by atoms with van der Waals surface area (Å²) >= 11 is 0. The molecule has 4 rings (SSSR count). The Labute approximate surface area is 137 Å². The predicted octanol–water partition coefficient (Wildman–Crippen LogP) is 3.79. The summed E-state index contributed by atoms with van der Waals surface area (Å²) in [4.78, 5) is 6.74. The molecular weight excluding hydrogens is 284 g/mol. The summed E-state index contributed by atoms with van der Waals surface area (Å²) in [6.07, 6.45) is 4.52. The van der Waals surface area contributed by atoms with Gasteiger partial charge < -0.3 is 10.0 Å². The first-order valence-electron chi connectivity index (χ1n) is 8.47. The van der Waals surface area contributed by atoms with Crippen LogP contribution in [0.25, 0.3) is 11.1 Å². The molecule has 1 atom stereocenters. The first-order valence-corrected chi connectivity index (χ1v) is 8.47. The molecule has 1 saturated heterocycles. The molecule has 0 bridgehead atoms. The van der Waals surface area contributed by atoms with Crippen LogP contribution in [0.5, 0.6) is 0 Å². The quantitative estimate of drug-likeness (QED) is 0.916. The lowest BCUT2D eigenvalue weighted by Crippen LogP contribution is -2.46. The van der Waals surface area contributed by atoms with Crippen molar-refractivity contribution in [2.24, 2.45) is 4.99 Å². The third-order valence-electron chi connectivity index (χ3n) is 4.98. The molecule has 2 heterocycles. The van der Waals surface area contributed by atoms with Gasteiger partial charge in [0.1, 0.15) is 5.84 Å². The van der Waals surface area contributed by atoms with E-state index in [1.807, 2.05) is 30.3 Å². The summed E-state index contributed by atoms with van der Waals surface area (Å²) in [5, 5.41) is 11.3. The number of aliphatic hydroxyl groups is 1. The van der Waals surface area contributed by atoms with Crippen molar-refractivity contribution in [3.63, 3.8) is 0 Å². The van der Waals surface area contributed by atoms with Gasteiger partial charge in [0.2, 0.25) is 0 Å². The highest BCUT2D eigenvalue weighted by molar-refractivity contribution is 5.85. The predicted molar refractivity (Wildman–Crippen MR) is 93.3 cm³/mol. The van der Waals surface area contributed by atoms with E-state index in [2.05, 4.69) is 34.2 Å². The molecule has 1 fully saturated rings. The zero-order chi connectivity index (χ0) is 15.7. The van der Waals surface area contributed by atoms with Gasteiger partial charge in [-0.05, 0) is 24.0 Å². The molecule has 118 valence electrons. The summed E-state index contributed by atoms with van der Waals surface area (Å²) in [5.41, 5.74) is 2.35. The molecule has 0 saturated carbocycles. The minimum Gasteiger partial charge on any atom is -0.365 e. The molecule has 1 unspecified atom stereocenters. The van der Waals surface area contributed by atoms with Crippen LogP contribution in [0.4, 0.5) is 0 Å². The highest BCUT2D eigenvalue weighted by Crippen LogP contribution is 2.35. The van der Waals surface area contributed by atoms with Gasteiger partial charge in [0.25, 0.3) is 0 Å². The first kappa shape index (κ1) is 14.5. The van der Waals surface area contributed by atoms with Crippen molar-refractivity contribution in [3.8, 4) is 11.1 Å². The van der Waals surface area contributed by atoms with Gasteiger partial charge in [0, 0.05) is 18.5 Å². The van der Waals surface area contributed by atoms with Gasteiger partial charge in [-0.25, -0.2) is 0 Å². The van der Waals surface area contributed by atoms with Crippen molar-refractivity contribution in [1.29, 1.82) is 0 Å². The number of hydrogen-bond donors (Lipinski definition) is 1. The van der Waals surface area contributed by atoms with Crippen LogP contribution in [-0.2, 0) is 5.72 Å². The molecule has 2 aliphatic heterocycles. The highest BCUT2D eigenvalue weighted by atomic mass is 16.3. The zero-order valence-electron chi connectivity index (χ0n) is 13.3. The van der Waals surface area contributed by atoms with Crippen molar-refractivity contribution in [1.82, 2.24) is 4.90 Å². The molecule has 3 nitrogen and oxygen atoms in total. The number of fused-ring (bicyclic) bond motifs is 1. The van der Waals surface area contributed by atoms with Crippen molar-refractivity contribution in [2.75, 3.05) is 13.1 Å². The molecule has 23 heavy (non-hydrogen) atoms. The van der Waals surface area contributed by atoms with E-state index in [0.717, 1.165) is 30.8 Å². The largest absolute Gasteiger partial charge is 0.365 e. The normalized spacial score (nSPS) is 24.0. The van der Waals surface area contributed by atoms with Gasteiger partial charge in [-0.15, -0.1) is 0 Å². The lowest BCUT2D eigenvalue weighted by molar-refractivity contribution is -0.0556. The van der Waals surface area contributed by atoms with Gasteiger partial charge in [0.15, 0.2) is 5.72 Å². The molecule has 0 aliphatic carbocycles. The number of benzene rings is 2. The second-order valence-corrected chi connectivity index (χ2v) is 6.45. The van der Waals surface area contributed by atoms with Crippen LogP contribution in [0.3, 0.4) is 0 Å². The number of rotatable bonds is 2. The fourth-order valence-corrected chi connectivity index (χ4v) is 3.65. The Morgan fingerprint density at radius 1 is 0.870 bits per heavy atom. The van der Waals surface area contributed by atoms with E-state index in [-0.39, 0.29) is 0 Å². The van der Waals surface area contributed by atoms with E-state index in [9.17, 15) is 5.11 Å². The molecule has 0 spiro atoms. The van der Waals surface area contributed by atoms with E-state index in [1.165, 1.54) is 24.0 Å². The van der Waals surface area contributed by atoms with Crippen molar-refractivity contribution in [2.45, 2.75) is 31.4 Å². The minimum atomic E-state index is -0.963. The van der Waals surface area contributed by atoms with Crippen LogP contribution < -0.4 is 0 Å². The van der Waals surface area contributed by atoms with Crippen molar-refractivity contribution < 1.29 is 5.11 Å². The second-order valence-electron chi connectivity index (χ2n) is 6.45. The van der Waals surface area contributed by atoms with E-state index in [1.54, 1.807) is 0 Å². The first-order chi connectivity index (χ1) is 11.3. The van der Waals surface area contributed by atoms with Gasteiger partial charge >= 0.3 is 0 Å². The average molecular weight is 306 g/mol. The molecule has 0 radical (unpaired) electrons.